The summed E-state index contributed by atoms with van der Waals surface area (Å²) in [5, 5.41) is 10.4. The van der Waals surface area contributed by atoms with Crippen LogP contribution in [0.1, 0.15) is 42.2 Å². The molecule has 0 saturated heterocycles. The fraction of sp³-hybridized carbons (Fsp3) is 0.333. The zero-order chi connectivity index (χ0) is 26.1. The van der Waals surface area contributed by atoms with Crippen molar-refractivity contribution in [3.8, 4) is 5.75 Å². The van der Waals surface area contributed by atoms with Gasteiger partial charge >= 0.3 is 0 Å². The summed E-state index contributed by atoms with van der Waals surface area (Å²) in [5.74, 6) is -0.411. The van der Waals surface area contributed by atoms with E-state index in [2.05, 4.69) is 79.5 Å². The van der Waals surface area contributed by atoms with E-state index in [0.717, 1.165) is 32.4 Å². The van der Waals surface area contributed by atoms with E-state index in [1.165, 1.54) is 22.9 Å². The summed E-state index contributed by atoms with van der Waals surface area (Å²) in [4.78, 5) is 27.6. The molecule has 1 aliphatic heterocycles. The fourth-order valence-corrected chi connectivity index (χ4v) is 4.56. The molecule has 2 aliphatic rings. The molecule has 0 saturated carbocycles. The number of pyridine rings is 1. The minimum atomic E-state index is -0.652. The van der Waals surface area contributed by atoms with Crippen molar-refractivity contribution in [2.75, 3.05) is 33.2 Å². The van der Waals surface area contributed by atoms with Gasteiger partial charge in [0.2, 0.25) is 5.43 Å². The lowest BCUT2D eigenvalue weighted by molar-refractivity contribution is 0.112. The third kappa shape index (κ3) is 6.52. The highest BCUT2D eigenvalue weighted by atomic mass is 16.3. The van der Waals surface area contributed by atoms with Crippen molar-refractivity contribution >= 4 is 12.0 Å². The van der Waals surface area contributed by atoms with Crippen LogP contribution in [0.2, 0.25) is 0 Å². The number of fused-ring (bicyclic) bond motifs is 1. The molecule has 0 atom stereocenters. The molecule has 1 aromatic heterocycles. The molecule has 1 aromatic rings. The predicted molar refractivity (Wildman–Crippen MR) is 148 cm³/mol. The summed E-state index contributed by atoms with van der Waals surface area (Å²) in [5.41, 5.74) is 4.21. The number of likely N-dealkylation sites (N-methyl/N-ethyl adjacent to an activating group) is 1. The average Bonchev–Trinajstić information content (AvgIpc) is 3.17. The normalized spacial score (nSPS) is 16.1. The molecule has 0 unspecified atom stereocenters. The molecule has 0 radical (unpaired) electrons. The summed E-state index contributed by atoms with van der Waals surface area (Å²) >= 11 is 0. The van der Waals surface area contributed by atoms with Gasteiger partial charge in [-0.2, -0.15) is 0 Å². The Morgan fingerprint density at radius 3 is 2.75 bits per heavy atom. The van der Waals surface area contributed by atoms with Crippen LogP contribution in [-0.4, -0.2) is 59.0 Å². The van der Waals surface area contributed by atoms with Gasteiger partial charge in [-0.05, 0) is 43.0 Å². The van der Waals surface area contributed by atoms with Crippen LogP contribution in [0.25, 0.3) is 5.70 Å². The molecule has 1 N–H and O–H groups in total. The van der Waals surface area contributed by atoms with Gasteiger partial charge in [0.15, 0.2) is 12.0 Å². The molecule has 3 rings (SSSR count). The van der Waals surface area contributed by atoms with Crippen molar-refractivity contribution in [3.63, 3.8) is 0 Å². The monoisotopic (exact) mass is 487 g/mol. The Hall–Kier alpha value is -3.64. The first kappa shape index (κ1) is 27.0. The van der Waals surface area contributed by atoms with E-state index in [0.29, 0.717) is 37.3 Å². The van der Waals surface area contributed by atoms with Gasteiger partial charge in [0.05, 0.1) is 11.3 Å². The van der Waals surface area contributed by atoms with E-state index >= 15 is 0 Å². The van der Waals surface area contributed by atoms with Crippen LogP contribution in [0.3, 0.4) is 0 Å². The van der Waals surface area contributed by atoms with Gasteiger partial charge in [-0.25, -0.2) is 0 Å². The quantitative estimate of drug-likeness (QED) is 0.357. The summed E-state index contributed by atoms with van der Waals surface area (Å²) in [6, 6.07) is 0. The first-order valence-electron chi connectivity index (χ1n) is 12.5. The smallest absolute Gasteiger partial charge is 0.234 e. The van der Waals surface area contributed by atoms with E-state index < -0.39 is 11.2 Å². The van der Waals surface area contributed by atoms with Crippen LogP contribution < -0.4 is 5.43 Å². The van der Waals surface area contributed by atoms with Gasteiger partial charge < -0.3 is 19.5 Å². The Morgan fingerprint density at radius 2 is 2.03 bits per heavy atom. The highest BCUT2D eigenvalue weighted by Gasteiger charge is 2.25. The second-order valence-electron chi connectivity index (χ2n) is 9.10. The SMILES string of the molecule is C=C/C(=C\C/C=C(\CC)C1=CC=CC=CC1)CN(C)CCN1CCn2cc(C=O)c(=O)c(O)c2C1=C. The molecule has 6 nitrogen and oxygen atoms in total. The number of aromatic nitrogens is 1. The Kier molecular flexibility index (Phi) is 9.65. The molecule has 1 aliphatic carbocycles. The number of rotatable bonds is 11. The highest BCUT2D eigenvalue weighted by Crippen LogP contribution is 2.28. The second-order valence-corrected chi connectivity index (χ2v) is 9.10. The standard InChI is InChI=1S/C30H37N3O3/c1-5-24(12-11-15-25(6-2)26-13-9-7-8-10-14-26)20-31(4)16-17-32-18-19-33-21-27(22-34)29(35)30(36)28(33)23(32)3/h5,7-10,12-13,15,21-22,36H,1,3,6,11,14,16-20H2,2,4H3/b24-12+,25-15+. The van der Waals surface area contributed by atoms with Gasteiger partial charge in [-0.15, -0.1) is 0 Å². The lowest BCUT2D eigenvalue weighted by atomic mass is 9.99. The number of aldehydes is 1. The van der Waals surface area contributed by atoms with Crippen molar-refractivity contribution in [2.24, 2.45) is 0 Å². The highest BCUT2D eigenvalue weighted by molar-refractivity contribution is 5.77. The van der Waals surface area contributed by atoms with Gasteiger partial charge in [-0.1, -0.05) is 68.7 Å². The van der Waals surface area contributed by atoms with Gasteiger partial charge in [0, 0.05) is 38.9 Å². The van der Waals surface area contributed by atoms with E-state index in [1.54, 1.807) is 4.57 Å². The van der Waals surface area contributed by atoms with Crippen molar-refractivity contribution in [3.05, 3.63) is 106 Å². The van der Waals surface area contributed by atoms with E-state index in [4.69, 9.17) is 0 Å². The Balaban J connectivity index is 1.58. The Morgan fingerprint density at radius 1 is 1.22 bits per heavy atom. The van der Waals surface area contributed by atoms with Crippen LogP contribution in [0, 0.1) is 0 Å². The van der Waals surface area contributed by atoms with Crippen LogP contribution in [0.15, 0.2) is 89.5 Å². The van der Waals surface area contributed by atoms with Gasteiger partial charge in [0.25, 0.3) is 0 Å². The molecule has 0 spiro atoms. The first-order chi connectivity index (χ1) is 17.4. The molecule has 0 aromatic carbocycles. The van der Waals surface area contributed by atoms with Crippen molar-refractivity contribution in [2.45, 2.75) is 32.7 Å². The summed E-state index contributed by atoms with van der Waals surface area (Å²) in [6.07, 6.45) is 21.9. The number of carbonyl (C=O) groups is 1. The number of nitrogens with zero attached hydrogens (tertiary/aromatic N) is 3. The molecular weight excluding hydrogens is 450 g/mol. The Labute approximate surface area is 214 Å². The molecular formula is C30H37N3O3. The largest absolute Gasteiger partial charge is 0.503 e. The van der Waals surface area contributed by atoms with Crippen LogP contribution >= 0.6 is 0 Å². The second kappa shape index (κ2) is 12.9. The molecule has 0 bridgehead atoms. The van der Waals surface area contributed by atoms with E-state index in [9.17, 15) is 14.7 Å². The average molecular weight is 488 g/mol. The number of carbonyl (C=O) groups excluding carboxylic acids is 1. The number of allylic oxidation sites excluding steroid dienone is 9. The maximum Gasteiger partial charge on any atom is 0.234 e. The third-order valence-corrected chi connectivity index (χ3v) is 6.67. The fourth-order valence-electron chi connectivity index (χ4n) is 4.56. The minimum absolute atomic E-state index is 0.0403. The maximum absolute atomic E-state index is 12.2. The number of aromatic hydroxyl groups is 1. The first-order valence-corrected chi connectivity index (χ1v) is 12.5. The van der Waals surface area contributed by atoms with Crippen LogP contribution in [-0.2, 0) is 6.54 Å². The summed E-state index contributed by atoms with van der Waals surface area (Å²) < 4.78 is 1.73. The van der Waals surface area contributed by atoms with Gasteiger partial charge in [-0.3, -0.25) is 9.59 Å². The zero-order valence-corrected chi connectivity index (χ0v) is 21.4. The molecule has 190 valence electrons. The summed E-state index contributed by atoms with van der Waals surface area (Å²) in [7, 11) is 2.07. The van der Waals surface area contributed by atoms with E-state index in [-0.39, 0.29) is 5.56 Å². The van der Waals surface area contributed by atoms with E-state index in [1.807, 2.05) is 6.08 Å². The molecule has 0 fully saturated rings. The van der Waals surface area contributed by atoms with Crippen molar-refractivity contribution in [1.82, 2.24) is 14.4 Å². The topological polar surface area (TPSA) is 65.8 Å². The van der Waals surface area contributed by atoms with Crippen molar-refractivity contribution in [1.29, 1.82) is 0 Å². The lowest BCUT2D eigenvalue weighted by Gasteiger charge is -2.35. The molecule has 0 amide bonds. The zero-order valence-electron chi connectivity index (χ0n) is 21.4. The third-order valence-electron chi connectivity index (χ3n) is 6.67. The number of hydrogen-bond acceptors (Lipinski definition) is 5. The van der Waals surface area contributed by atoms with Crippen LogP contribution in [0.4, 0.5) is 0 Å². The molecule has 2 heterocycles. The minimum Gasteiger partial charge on any atom is -0.503 e. The van der Waals surface area contributed by atoms with Gasteiger partial charge in [0.1, 0.15) is 5.69 Å². The molecule has 6 heteroatoms. The molecule has 36 heavy (non-hydrogen) atoms. The summed E-state index contributed by atoms with van der Waals surface area (Å²) in [6.45, 7) is 13.8. The van der Waals surface area contributed by atoms with Crippen molar-refractivity contribution < 1.29 is 9.90 Å². The predicted octanol–water partition coefficient (Wildman–Crippen LogP) is 4.87. The number of hydrogen-bond donors (Lipinski definition) is 1. The Bertz CT molecular complexity index is 1210. The lowest BCUT2D eigenvalue weighted by Crippen LogP contribution is -2.39. The van der Waals surface area contributed by atoms with Crippen LogP contribution in [0.5, 0.6) is 5.75 Å². The maximum atomic E-state index is 12.2.